The third-order valence-electron chi connectivity index (χ3n) is 4.84. The number of aryl methyl sites for hydroxylation is 1. The summed E-state index contributed by atoms with van der Waals surface area (Å²) in [6, 6.07) is 8.00. The standard InChI is InChI=1S/C20H23N3O5.ClH/c1-13-8-10-22(14-6-4-5-7-16(14)27-2)18(24)17(13)19(25)23-11-9-21-12-15(23)20(26)28-3;/h4-8,10,15,21H,9,11-12H2,1-3H3;1H. The topological polar surface area (TPSA) is 89.9 Å². The Morgan fingerprint density at radius 3 is 2.59 bits per heavy atom. The van der Waals surface area contributed by atoms with Gasteiger partial charge < -0.3 is 19.7 Å². The molecule has 156 valence electrons. The second-order valence-electron chi connectivity index (χ2n) is 6.46. The van der Waals surface area contributed by atoms with Crippen LogP contribution in [-0.4, -0.2) is 61.2 Å². The van der Waals surface area contributed by atoms with Gasteiger partial charge >= 0.3 is 5.97 Å². The monoisotopic (exact) mass is 421 g/mol. The van der Waals surface area contributed by atoms with E-state index in [1.807, 2.05) is 0 Å². The fourth-order valence-electron chi connectivity index (χ4n) is 3.34. The molecule has 1 aliphatic heterocycles. The van der Waals surface area contributed by atoms with Crippen molar-refractivity contribution in [3.8, 4) is 11.4 Å². The predicted molar refractivity (Wildman–Crippen MR) is 110 cm³/mol. The number of halogens is 1. The summed E-state index contributed by atoms with van der Waals surface area (Å²) in [6.45, 7) is 2.83. The van der Waals surface area contributed by atoms with E-state index < -0.39 is 23.5 Å². The number of nitrogens with zero attached hydrogens (tertiary/aromatic N) is 2. The number of ether oxygens (including phenoxy) is 2. The number of nitrogens with one attached hydrogen (secondary N) is 1. The highest BCUT2D eigenvalue weighted by atomic mass is 35.5. The average Bonchev–Trinajstić information content (AvgIpc) is 2.73. The quantitative estimate of drug-likeness (QED) is 0.745. The average molecular weight is 422 g/mol. The lowest BCUT2D eigenvalue weighted by Crippen LogP contribution is -2.58. The maximum Gasteiger partial charge on any atom is 0.329 e. The minimum absolute atomic E-state index is 0. The summed E-state index contributed by atoms with van der Waals surface area (Å²) < 4.78 is 11.5. The molecule has 1 saturated heterocycles. The lowest BCUT2D eigenvalue weighted by Gasteiger charge is -2.34. The zero-order chi connectivity index (χ0) is 20.3. The number of carbonyl (C=O) groups excluding carboxylic acids is 2. The molecule has 1 N–H and O–H groups in total. The van der Waals surface area contributed by atoms with Crippen molar-refractivity contribution in [3.63, 3.8) is 0 Å². The molecule has 1 aromatic carbocycles. The van der Waals surface area contributed by atoms with Crippen LogP contribution < -0.4 is 15.6 Å². The number of piperazine rings is 1. The number of pyridine rings is 1. The molecule has 0 bridgehead atoms. The smallest absolute Gasteiger partial charge is 0.329 e. The molecule has 0 saturated carbocycles. The molecule has 9 heteroatoms. The van der Waals surface area contributed by atoms with Gasteiger partial charge in [-0.15, -0.1) is 12.4 Å². The number of hydrogen-bond donors (Lipinski definition) is 1. The lowest BCUT2D eigenvalue weighted by atomic mass is 10.1. The largest absolute Gasteiger partial charge is 0.495 e. The molecule has 1 aliphatic rings. The van der Waals surface area contributed by atoms with Crippen molar-refractivity contribution in [1.29, 1.82) is 0 Å². The molecule has 0 spiro atoms. The van der Waals surface area contributed by atoms with Gasteiger partial charge in [-0.3, -0.25) is 14.2 Å². The van der Waals surface area contributed by atoms with Gasteiger partial charge in [0.05, 0.1) is 19.9 Å². The molecule has 29 heavy (non-hydrogen) atoms. The highest BCUT2D eigenvalue weighted by molar-refractivity contribution is 5.98. The maximum absolute atomic E-state index is 13.3. The van der Waals surface area contributed by atoms with Gasteiger partial charge in [-0.2, -0.15) is 0 Å². The zero-order valence-corrected chi connectivity index (χ0v) is 17.3. The summed E-state index contributed by atoms with van der Waals surface area (Å²) in [7, 11) is 2.80. The number of esters is 1. The van der Waals surface area contributed by atoms with Gasteiger partial charge in [-0.1, -0.05) is 12.1 Å². The fourth-order valence-corrected chi connectivity index (χ4v) is 3.34. The minimum atomic E-state index is -0.773. The Morgan fingerprint density at radius 2 is 1.90 bits per heavy atom. The van der Waals surface area contributed by atoms with Crippen LogP contribution in [0.15, 0.2) is 41.3 Å². The number of carbonyl (C=O) groups is 2. The van der Waals surface area contributed by atoms with Crippen LogP contribution in [0.3, 0.4) is 0 Å². The van der Waals surface area contributed by atoms with Crippen LogP contribution in [0.1, 0.15) is 15.9 Å². The van der Waals surface area contributed by atoms with Crippen LogP contribution in [0.4, 0.5) is 0 Å². The Balaban J connectivity index is 0.00000300. The Morgan fingerprint density at radius 1 is 1.17 bits per heavy atom. The van der Waals surface area contributed by atoms with E-state index in [1.165, 1.54) is 23.7 Å². The summed E-state index contributed by atoms with van der Waals surface area (Å²) in [4.78, 5) is 40.0. The van der Waals surface area contributed by atoms with E-state index in [4.69, 9.17) is 9.47 Å². The Kier molecular flexibility index (Phi) is 7.41. The van der Waals surface area contributed by atoms with Gasteiger partial charge in [0.2, 0.25) is 0 Å². The molecule has 0 radical (unpaired) electrons. The van der Waals surface area contributed by atoms with E-state index in [1.54, 1.807) is 43.5 Å². The van der Waals surface area contributed by atoms with Crippen molar-refractivity contribution in [2.75, 3.05) is 33.9 Å². The number of hydrogen-bond acceptors (Lipinski definition) is 6. The van der Waals surface area contributed by atoms with E-state index in [-0.39, 0.29) is 24.5 Å². The highest BCUT2D eigenvalue weighted by Gasteiger charge is 2.35. The molecule has 2 aromatic rings. The van der Waals surface area contributed by atoms with Crippen molar-refractivity contribution >= 4 is 24.3 Å². The first kappa shape index (κ1) is 22.4. The summed E-state index contributed by atoms with van der Waals surface area (Å²) in [5.74, 6) is -0.482. The summed E-state index contributed by atoms with van der Waals surface area (Å²) in [5.41, 5.74) is 0.651. The first-order valence-electron chi connectivity index (χ1n) is 8.94. The van der Waals surface area contributed by atoms with Crippen LogP contribution in [0.5, 0.6) is 5.75 Å². The Bertz CT molecular complexity index is 959. The number of amides is 1. The van der Waals surface area contributed by atoms with Crippen molar-refractivity contribution in [2.24, 2.45) is 0 Å². The van der Waals surface area contributed by atoms with Crippen LogP contribution in [0.25, 0.3) is 5.69 Å². The van der Waals surface area contributed by atoms with Crippen molar-refractivity contribution in [2.45, 2.75) is 13.0 Å². The number of aromatic nitrogens is 1. The van der Waals surface area contributed by atoms with Crippen LogP contribution >= 0.6 is 12.4 Å². The van der Waals surface area contributed by atoms with E-state index in [2.05, 4.69) is 5.32 Å². The normalized spacial score (nSPS) is 16.0. The van der Waals surface area contributed by atoms with Gasteiger partial charge in [-0.05, 0) is 30.7 Å². The third-order valence-corrected chi connectivity index (χ3v) is 4.84. The summed E-state index contributed by atoms with van der Waals surface area (Å²) in [5, 5.41) is 3.07. The number of rotatable bonds is 4. The molecule has 3 rings (SSSR count). The van der Waals surface area contributed by atoms with Crippen LogP contribution in [0, 0.1) is 6.92 Å². The molecule has 2 heterocycles. The van der Waals surface area contributed by atoms with Crippen molar-refractivity contribution in [3.05, 3.63) is 58.0 Å². The minimum Gasteiger partial charge on any atom is -0.495 e. The highest BCUT2D eigenvalue weighted by Crippen LogP contribution is 2.21. The predicted octanol–water partition coefficient (Wildman–Crippen LogP) is 1.16. The second-order valence-corrected chi connectivity index (χ2v) is 6.46. The Labute approximate surface area is 174 Å². The molecule has 8 nitrogen and oxygen atoms in total. The third kappa shape index (κ3) is 4.28. The van der Waals surface area contributed by atoms with Crippen molar-refractivity contribution in [1.82, 2.24) is 14.8 Å². The van der Waals surface area contributed by atoms with Gasteiger partial charge in [0.25, 0.3) is 11.5 Å². The van der Waals surface area contributed by atoms with Crippen LogP contribution in [0.2, 0.25) is 0 Å². The molecule has 0 aliphatic carbocycles. The zero-order valence-electron chi connectivity index (χ0n) is 16.5. The first-order valence-corrected chi connectivity index (χ1v) is 8.94. The molecule has 1 atom stereocenters. The molecule has 1 fully saturated rings. The number of methoxy groups -OCH3 is 2. The van der Waals surface area contributed by atoms with Gasteiger partial charge in [0.1, 0.15) is 17.4 Å². The first-order chi connectivity index (χ1) is 13.5. The molecular formula is C20H24ClN3O5. The van der Waals surface area contributed by atoms with E-state index >= 15 is 0 Å². The molecule has 1 amide bonds. The molecule has 1 unspecified atom stereocenters. The SMILES string of the molecule is COC(=O)C1CNCCN1C(=O)c1c(C)ccn(-c2ccccc2OC)c1=O.Cl. The van der Waals surface area contributed by atoms with E-state index in [0.29, 0.717) is 30.1 Å². The van der Waals surface area contributed by atoms with Gasteiger partial charge in [-0.25, -0.2) is 4.79 Å². The van der Waals surface area contributed by atoms with Gasteiger partial charge in [0, 0.05) is 25.8 Å². The van der Waals surface area contributed by atoms with Crippen molar-refractivity contribution < 1.29 is 19.1 Å². The van der Waals surface area contributed by atoms with E-state index in [9.17, 15) is 14.4 Å². The van der Waals surface area contributed by atoms with Crippen LogP contribution in [-0.2, 0) is 9.53 Å². The maximum atomic E-state index is 13.3. The fraction of sp³-hybridized carbons (Fsp3) is 0.350. The van der Waals surface area contributed by atoms with Gasteiger partial charge in [0.15, 0.2) is 0 Å². The lowest BCUT2D eigenvalue weighted by molar-refractivity contribution is -0.146. The number of benzene rings is 1. The molecule has 1 aromatic heterocycles. The van der Waals surface area contributed by atoms with E-state index in [0.717, 1.165) is 0 Å². The summed E-state index contributed by atoms with van der Waals surface area (Å²) in [6.07, 6.45) is 1.61. The molecular weight excluding hydrogens is 398 g/mol. The number of para-hydroxylation sites is 2. The Hall–Kier alpha value is -2.84. The second kappa shape index (κ2) is 9.58. The summed E-state index contributed by atoms with van der Waals surface area (Å²) >= 11 is 0.